The summed E-state index contributed by atoms with van der Waals surface area (Å²) in [5.74, 6) is 0.763. The molecule has 31 heavy (non-hydrogen) atoms. The lowest BCUT2D eigenvalue weighted by Crippen LogP contribution is -2.51. The lowest BCUT2D eigenvalue weighted by Gasteiger charge is -2.38. The lowest BCUT2D eigenvalue weighted by atomic mass is 9.87. The number of carbonyl (C=O) groups is 2. The summed E-state index contributed by atoms with van der Waals surface area (Å²) in [6.45, 7) is 5.21. The molecule has 2 amide bonds. The van der Waals surface area contributed by atoms with Crippen molar-refractivity contribution >= 4 is 11.8 Å². The molecule has 168 valence electrons. The second kappa shape index (κ2) is 9.32. The van der Waals surface area contributed by atoms with E-state index in [1.54, 1.807) is 0 Å². The molecule has 0 radical (unpaired) electrons. The SMILES string of the molecule is O=C(c1ccc2c(c1)CCN(C(=O)C1CCCCC1)C2)N1CCN(C2CCCC2)CC1. The molecule has 2 heterocycles. The van der Waals surface area contributed by atoms with Gasteiger partial charge in [-0.3, -0.25) is 14.5 Å². The van der Waals surface area contributed by atoms with Crippen molar-refractivity contribution in [2.75, 3.05) is 32.7 Å². The summed E-state index contributed by atoms with van der Waals surface area (Å²) in [5.41, 5.74) is 3.29. The highest BCUT2D eigenvalue weighted by Gasteiger charge is 2.30. The van der Waals surface area contributed by atoms with Crippen molar-refractivity contribution in [3.05, 3.63) is 34.9 Å². The summed E-state index contributed by atoms with van der Waals surface area (Å²) in [5, 5.41) is 0. The normalized spacial score (nSPS) is 23.7. The van der Waals surface area contributed by atoms with Crippen LogP contribution in [0.4, 0.5) is 0 Å². The van der Waals surface area contributed by atoms with Crippen LogP contribution in [0.5, 0.6) is 0 Å². The second-order valence-electron chi connectivity index (χ2n) is 10.1. The molecular formula is C26H37N3O2. The van der Waals surface area contributed by atoms with E-state index in [2.05, 4.69) is 21.9 Å². The van der Waals surface area contributed by atoms with Gasteiger partial charge in [0.15, 0.2) is 0 Å². The molecular weight excluding hydrogens is 386 g/mol. The molecule has 0 spiro atoms. The highest BCUT2D eigenvalue weighted by Crippen LogP contribution is 2.29. The molecule has 1 aromatic rings. The molecule has 0 N–H and O–H groups in total. The highest BCUT2D eigenvalue weighted by atomic mass is 16.2. The van der Waals surface area contributed by atoms with Crippen LogP contribution in [-0.2, 0) is 17.8 Å². The molecule has 1 saturated heterocycles. The van der Waals surface area contributed by atoms with Crippen molar-refractivity contribution in [1.82, 2.24) is 14.7 Å². The van der Waals surface area contributed by atoms with E-state index in [1.807, 2.05) is 11.0 Å². The molecule has 0 atom stereocenters. The van der Waals surface area contributed by atoms with Gasteiger partial charge in [0.05, 0.1) is 0 Å². The first-order valence-electron chi connectivity index (χ1n) is 12.6. The van der Waals surface area contributed by atoms with Gasteiger partial charge in [-0.15, -0.1) is 0 Å². The van der Waals surface area contributed by atoms with E-state index in [1.165, 1.54) is 56.1 Å². The first kappa shape index (κ1) is 21.0. The smallest absolute Gasteiger partial charge is 0.253 e. The van der Waals surface area contributed by atoms with Crippen LogP contribution >= 0.6 is 0 Å². The lowest BCUT2D eigenvalue weighted by molar-refractivity contribution is -0.137. The van der Waals surface area contributed by atoms with Gasteiger partial charge in [0.25, 0.3) is 5.91 Å². The molecule has 4 aliphatic rings. The molecule has 5 heteroatoms. The molecule has 2 saturated carbocycles. The van der Waals surface area contributed by atoms with Gasteiger partial charge in [-0.1, -0.05) is 38.2 Å². The number of rotatable bonds is 3. The predicted octanol–water partition coefficient (Wildman–Crippen LogP) is 3.85. The van der Waals surface area contributed by atoms with Crippen molar-refractivity contribution in [1.29, 1.82) is 0 Å². The monoisotopic (exact) mass is 423 g/mol. The molecule has 5 rings (SSSR count). The maximum atomic E-state index is 13.1. The third-order valence-electron chi connectivity index (χ3n) is 8.17. The third-order valence-corrected chi connectivity index (χ3v) is 8.17. The number of nitrogens with zero attached hydrogens (tertiary/aromatic N) is 3. The summed E-state index contributed by atoms with van der Waals surface area (Å²) in [6, 6.07) is 6.93. The van der Waals surface area contributed by atoms with Gasteiger partial charge in [0.1, 0.15) is 0 Å². The fraction of sp³-hybridized carbons (Fsp3) is 0.692. The summed E-state index contributed by atoms with van der Waals surface area (Å²) in [6.07, 6.45) is 12.0. The Balaban J connectivity index is 1.19. The zero-order chi connectivity index (χ0) is 21.2. The predicted molar refractivity (Wildman–Crippen MR) is 122 cm³/mol. The quantitative estimate of drug-likeness (QED) is 0.742. The van der Waals surface area contributed by atoms with Crippen molar-refractivity contribution < 1.29 is 9.59 Å². The molecule has 2 aliphatic carbocycles. The summed E-state index contributed by atoms with van der Waals surface area (Å²) < 4.78 is 0. The molecule has 3 fully saturated rings. The van der Waals surface area contributed by atoms with Crippen LogP contribution in [0.15, 0.2) is 18.2 Å². The van der Waals surface area contributed by atoms with Crippen LogP contribution in [0.1, 0.15) is 79.3 Å². The average Bonchev–Trinajstić information content (AvgIpc) is 3.38. The molecule has 2 aliphatic heterocycles. The van der Waals surface area contributed by atoms with E-state index in [-0.39, 0.29) is 11.8 Å². The number of fused-ring (bicyclic) bond motifs is 1. The van der Waals surface area contributed by atoms with Gasteiger partial charge in [-0.05, 0) is 55.4 Å². The molecule has 0 bridgehead atoms. The molecule has 5 nitrogen and oxygen atoms in total. The molecule has 1 aromatic carbocycles. The Morgan fingerprint density at radius 2 is 1.45 bits per heavy atom. The van der Waals surface area contributed by atoms with Gasteiger partial charge in [-0.2, -0.15) is 0 Å². The number of carbonyl (C=O) groups excluding carboxylic acids is 2. The molecule has 0 unspecified atom stereocenters. The van der Waals surface area contributed by atoms with Crippen molar-refractivity contribution in [3.63, 3.8) is 0 Å². The van der Waals surface area contributed by atoms with Crippen LogP contribution in [0.2, 0.25) is 0 Å². The highest BCUT2D eigenvalue weighted by molar-refractivity contribution is 5.94. The van der Waals surface area contributed by atoms with Gasteiger partial charge >= 0.3 is 0 Å². The Kier molecular flexibility index (Phi) is 6.31. The van der Waals surface area contributed by atoms with E-state index in [0.29, 0.717) is 12.5 Å². The van der Waals surface area contributed by atoms with Crippen LogP contribution < -0.4 is 0 Å². The Labute approximate surface area is 186 Å². The minimum absolute atomic E-state index is 0.176. The van der Waals surface area contributed by atoms with Gasteiger partial charge < -0.3 is 9.80 Å². The summed E-state index contributed by atoms with van der Waals surface area (Å²) >= 11 is 0. The van der Waals surface area contributed by atoms with Crippen LogP contribution in [-0.4, -0.2) is 65.3 Å². The first-order valence-corrected chi connectivity index (χ1v) is 12.6. The summed E-state index contributed by atoms with van der Waals surface area (Å²) in [7, 11) is 0. The number of amides is 2. The van der Waals surface area contributed by atoms with E-state index < -0.39 is 0 Å². The van der Waals surface area contributed by atoms with Crippen molar-refractivity contribution in [2.24, 2.45) is 5.92 Å². The Morgan fingerprint density at radius 3 is 2.19 bits per heavy atom. The molecule has 0 aromatic heterocycles. The van der Waals surface area contributed by atoms with Gasteiger partial charge in [0.2, 0.25) is 5.91 Å². The van der Waals surface area contributed by atoms with Crippen molar-refractivity contribution in [2.45, 2.75) is 76.8 Å². The van der Waals surface area contributed by atoms with Crippen molar-refractivity contribution in [3.8, 4) is 0 Å². The first-order chi connectivity index (χ1) is 15.2. The largest absolute Gasteiger partial charge is 0.338 e. The third kappa shape index (κ3) is 4.52. The number of piperazine rings is 1. The number of hydrogen-bond donors (Lipinski definition) is 0. The maximum Gasteiger partial charge on any atom is 0.253 e. The topological polar surface area (TPSA) is 43.9 Å². The zero-order valence-electron chi connectivity index (χ0n) is 18.9. The van der Waals surface area contributed by atoms with E-state index in [0.717, 1.165) is 63.6 Å². The van der Waals surface area contributed by atoms with E-state index in [4.69, 9.17) is 0 Å². The van der Waals surface area contributed by atoms with E-state index in [9.17, 15) is 9.59 Å². The maximum absolute atomic E-state index is 13.1. The second-order valence-corrected chi connectivity index (χ2v) is 10.1. The van der Waals surface area contributed by atoms with Gasteiger partial charge in [-0.25, -0.2) is 0 Å². The Hall–Kier alpha value is -1.88. The minimum atomic E-state index is 0.176. The van der Waals surface area contributed by atoms with Crippen LogP contribution in [0.25, 0.3) is 0 Å². The summed E-state index contributed by atoms with van der Waals surface area (Å²) in [4.78, 5) is 32.8. The Bertz CT molecular complexity index is 803. The van der Waals surface area contributed by atoms with Gasteiger partial charge in [0, 0.05) is 56.8 Å². The van der Waals surface area contributed by atoms with Crippen LogP contribution in [0.3, 0.4) is 0 Å². The fourth-order valence-corrected chi connectivity index (χ4v) is 6.22. The zero-order valence-corrected chi connectivity index (χ0v) is 18.9. The number of hydrogen-bond acceptors (Lipinski definition) is 3. The minimum Gasteiger partial charge on any atom is -0.338 e. The van der Waals surface area contributed by atoms with E-state index >= 15 is 0 Å². The average molecular weight is 424 g/mol. The van der Waals surface area contributed by atoms with Crippen LogP contribution in [0, 0.1) is 5.92 Å². The number of benzene rings is 1. The fourth-order valence-electron chi connectivity index (χ4n) is 6.22. The Morgan fingerprint density at radius 1 is 0.742 bits per heavy atom. The standard InChI is InChI=1S/C26H37N3O2/c30-25(20-6-2-1-3-7-20)29-13-12-21-18-22(10-11-23(21)19-29)26(31)28-16-14-27(15-17-28)24-8-4-5-9-24/h10-11,18,20,24H,1-9,12-17,19H2.